The quantitative estimate of drug-likeness (QED) is 0.796. The number of carbonyl (C=O) groups excluding carboxylic acids is 1. The zero-order valence-corrected chi connectivity index (χ0v) is 14.4. The standard InChI is InChI=1S/C17H19F2NO3S/c1-10(2)15(14-5-4-8-24-14)20-16(21)11-6-7-12(22-3)13(9-11)23-17(18)19/h4-10,15,17H,1-3H3,(H,20,21). The van der Waals surface area contributed by atoms with Crippen LogP contribution in [0.4, 0.5) is 8.78 Å². The molecule has 1 atom stereocenters. The summed E-state index contributed by atoms with van der Waals surface area (Å²) in [5.74, 6) is -0.200. The summed E-state index contributed by atoms with van der Waals surface area (Å²) in [4.78, 5) is 13.5. The lowest BCUT2D eigenvalue weighted by atomic mass is 10.0. The number of halogens is 2. The molecule has 0 aliphatic rings. The molecule has 0 spiro atoms. The van der Waals surface area contributed by atoms with E-state index in [9.17, 15) is 13.6 Å². The molecule has 0 aliphatic carbocycles. The fourth-order valence-corrected chi connectivity index (χ4v) is 3.21. The second-order valence-electron chi connectivity index (χ2n) is 5.45. The van der Waals surface area contributed by atoms with Crippen LogP contribution in [0.15, 0.2) is 35.7 Å². The van der Waals surface area contributed by atoms with Gasteiger partial charge in [-0.1, -0.05) is 19.9 Å². The number of amides is 1. The van der Waals surface area contributed by atoms with Crippen molar-refractivity contribution in [1.29, 1.82) is 0 Å². The Morgan fingerprint density at radius 3 is 2.50 bits per heavy atom. The minimum atomic E-state index is -2.99. The third-order valence-electron chi connectivity index (χ3n) is 3.44. The van der Waals surface area contributed by atoms with Crippen molar-refractivity contribution in [3.05, 3.63) is 46.2 Å². The first-order valence-corrected chi connectivity index (χ1v) is 8.27. The van der Waals surface area contributed by atoms with Crippen molar-refractivity contribution < 1.29 is 23.0 Å². The maximum absolute atomic E-state index is 12.5. The van der Waals surface area contributed by atoms with Crippen LogP contribution in [0.25, 0.3) is 0 Å². The number of hydrogen-bond acceptors (Lipinski definition) is 4. The van der Waals surface area contributed by atoms with Gasteiger partial charge < -0.3 is 14.8 Å². The van der Waals surface area contributed by atoms with Crippen molar-refractivity contribution in [2.45, 2.75) is 26.5 Å². The van der Waals surface area contributed by atoms with Gasteiger partial charge in [0.1, 0.15) is 0 Å². The molecule has 1 aromatic carbocycles. The maximum atomic E-state index is 12.5. The molecule has 0 saturated heterocycles. The predicted molar refractivity (Wildman–Crippen MR) is 89.0 cm³/mol. The Bertz CT molecular complexity index is 674. The van der Waals surface area contributed by atoms with Gasteiger partial charge in [-0.2, -0.15) is 8.78 Å². The molecule has 1 heterocycles. The van der Waals surface area contributed by atoms with Crippen LogP contribution in [0.2, 0.25) is 0 Å². The van der Waals surface area contributed by atoms with Crippen LogP contribution >= 0.6 is 11.3 Å². The van der Waals surface area contributed by atoms with Gasteiger partial charge in [0, 0.05) is 10.4 Å². The Hall–Kier alpha value is -2.15. The number of alkyl halides is 2. The van der Waals surface area contributed by atoms with Crippen molar-refractivity contribution in [2.24, 2.45) is 5.92 Å². The summed E-state index contributed by atoms with van der Waals surface area (Å²) in [5.41, 5.74) is 0.230. The summed E-state index contributed by atoms with van der Waals surface area (Å²) in [6.45, 7) is 1.01. The topological polar surface area (TPSA) is 47.6 Å². The van der Waals surface area contributed by atoms with Gasteiger partial charge in [0.15, 0.2) is 11.5 Å². The Labute approximate surface area is 143 Å². The van der Waals surface area contributed by atoms with E-state index >= 15 is 0 Å². The number of carbonyl (C=O) groups is 1. The summed E-state index contributed by atoms with van der Waals surface area (Å²) in [6.07, 6.45) is 0. The van der Waals surface area contributed by atoms with E-state index < -0.39 is 6.61 Å². The highest BCUT2D eigenvalue weighted by molar-refractivity contribution is 7.10. The molecule has 0 radical (unpaired) electrons. The van der Waals surface area contributed by atoms with Gasteiger partial charge in [-0.15, -0.1) is 11.3 Å². The van der Waals surface area contributed by atoms with Crippen molar-refractivity contribution >= 4 is 17.2 Å². The highest BCUT2D eigenvalue weighted by Gasteiger charge is 2.21. The number of thiophene rings is 1. The van der Waals surface area contributed by atoms with E-state index in [2.05, 4.69) is 10.1 Å². The predicted octanol–water partition coefficient (Wildman–Crippen LogP) is 4.49. The van der Waals surface area contributed by atoms with Gasteiger partial charge in [-0.25, -0.2) is 0 Å². The molecule has 0 bridgehead atoms. The van der Waals surface area contributed by atoms with Crippen LogP contribution in [0.1, 0.15) is 35.1 Å². The monoisotopic (exact) mass is 355 g/mol. The molecule has 24 heavy (non-hydrogen) atoms. The molecule has 0 saturated carbocycles. The first kappa shape index (κ1) is 18.2. The average Bonchev–Trinajstić information content (AvgIpc) is 3.05. The first-order valence-electron chi connectivity index (χ1n) is 7.39. The van der Waals surface area contributed by atoms with Crippen LogP contribution in [-0.2, 0) is 0 Å². The highest BCUT2D eigenvalue weighted by atomic mass is 32.1. The number of ether oxygens (including phenoxy) is 2. The lowest BCUT2D eigenvalue weighted by molar-refractivity contribution is -0.0512. The fraction of sp³-hybridized carbons (Fsp3) is 0.353. The van der Waals surface area contributed by atoms with E-state index in [1.807, 2.05) is 31.4 Å². The molecule has 2 rings (SSSR count). The van der Waals surface area contributed by atoms with Crippen molar-refractivity contribution in [3.8, 4) is 11.5 Å². The molecule has 1 aromatic heterocycles. The van der Waals surface area contributed by atoms with Crippen LogP contribution in [0, 0.1) is 5.92 Å². The van der Waals surface area contributed by atoms with Gasteiger partial charge >= 0.3 is 6.61 Å². The normalized spacial score (nSPS) is 12.3. The SMILES string of the molecule is COc1ccc(C(=O)NC(c2cccs2)C(C)C)cc1OC(F)F. The third-order valence-corrected chi connectivity index (χ3v) is 4.40. The van der Waals surface area contributed by atoms with E-state index in [1.165, 1.54) is 25.3 Å². The molecule has 1 unspecified atom stereocenters. The summed E-state index contributed by atoms with van der Waals surface area (Å²) >= 11 is 1.56. The number of methoxy groups -OCH3 is 1. The molecular formula is C17H19F2NO3S. The Kier molecular flexibility index (Phi) is 6.14. The lowest BCUT2D eigenvalue weighted by Gasteiger charge is -2.21. The average molecular weight is 355 g/mol. The molecule has 130 valence electrons. The van der Waals surface area contributed by atoms with Crippen LogP contribution in [0.3, 0.4) is 0 Å². The molecule has 0 fully saturated rings. The minimum Gasteiger partial charge on any atom is -0.493 e. The summed E-state index contributed by atoms with van der Waals surface area (Å²) in [7, 11) is 1.35. The molecule has 4 nitrogen and oxygen atoms in total. The Morgan fingerprint density at radius 1 is 1.21 bits per heavy atom. The molecule has 0 aliphatic heterocycles. The zero-order chi connectivity index (χ0) is 17.7. The molecule has 7 heteroatoms. The van der Waals surface area contributed by atoms with Gasteiger partial charge in [0.25, 0.3) is 5.91 Å². The Morgan fingerprint density at radius 2 is 1.96 bits per heavy atom. The van der Waals surface area contributed by atoms with E-state index in [1.54, 1.807) is 11.3 Å². The molecule has 2 aromatic rings. The number of nitrogens with one attached hydrogen (secondary N) is 1. The van der Waals surface area contributed by atoms with Crippen LogP contribution in [-0.4, -0.2) is 19.6 Å². The number of rotatable bonds is 7. The van der Waals surface area contributed by atoms with E-state index in [4.69, 9.17) is 4.74 Å². The minimum absolute atomic E-state index is 0.144. The largest absolute Gasteiger partial charge is 0.493 e. The molecular weight excluding hydrogens is 336 g/mol. The fourth-order valence-electron chi connectivity index (χ4n) is 2.27. The van der Waals surface area contributed by atoms with E-state index in [-0.39, 0.29) is 34.9 Å². The first-order chi connectivity index (χ1) is 11.4. The summed E-state index contributed by atoms with van der Waals surface area (Å²) in [6, 6.07) is 7.92. The second-order valence-corrected chi connectivity index (χ2v) is 6.43. The van der Waals surface area contributed by atoms with Crippen LogP contribution < -0.4 is 14.8 Å². The summed E-state index contributed by atoms with van der Waals surface area (Å²) < 4.78 is 34.4. The smallest absolute Gasteiger partial charge is 0.387 e. The van der Waals surface area contributed by atoms with Gasteiger partial charge in [0.2, 0.25) is 0 Å². The molecule has 1 N–H and O–H groups in total. The van der Waals surface area contributed by atoms with Gasteiger partial charge in [-0.3, -0.25) is 4.79 Å². The van der Waals surface area contributed by atoms with Crippen LogP contribution in [0.5, 0.6) is 11.5 Å². The maximum Gasteiger partial charge on any atom is 0.387 e. The van der Waals surface area contributed by atoms with Crippen molar-refractivity contribution in [3.63, 3.8) is 0 Å². The Balaban J connectivity index is 2.22. The zero-order valence-electron chi connectivity index (χ0n) is 13.6. The second kappa shape index (κ2) is 8.10. The van der Waals surface area contributed by atoms with Gasteiger partial charge in [-0.05, 0) is 35.6 Å². The summed E-state index contributed by atoms with van der Waals surface area (Å²) in [5, 5.41) is 4.88. The lowest BCUT2D eigenvalue weighted by Crippen LogP contribution is -2.31. The number of hydrogen-bond donors (Lipinski definition) is 1. The van der Waals surface area contributed by atoms with E-state index in [0.29, 0.717) is 0 Å². The third kappa shape index (κ3) is 4.44. The number of benzene rings is 1. The van der Waals surface area contributed by atoms with E-state index in [0.717, 1.165) is 4.88 Å². The van der Waals surface area contributed by atoms with Crippen molar-refractivity contribution in [1.82, 2.24) is 5.32 Å². The molecule has 1 amide bonds. The highest BCUT2D eigenvalue weighted by Crippen LogP contribution is 2.30. The van der Waals surface area contributed by atoms with Gasteiger partial charge in [0.05, 0.1) is 13.2 Å². The van der Waals surface area contributed by atoms with Crippen molar-refractivity contribution in [2.75, 3.05) is 7.11 Å².